The first-order valence-electron chi connectivity index (χ1n) is 7.66. The van der Waals surface area contributed by atoms with Crippen molar-refractivity contribution in [1.82, 2.24) is 5.32 Å². The summed E-state index contributed by atoms with van der Waals surface area (Å²) in [5.41, 5.74) is 1.70. The van der Waals surface area contributed by atoms with Gasteiger partial charge in [-0.25, -0.2) is 0 Å². The number of anilines is 2. The fraction of sp³-hybridized carbons (Fsp3) is 0.500. The van der Waals surface area contributed by atoms with Crippen molar-refractivity contribution in [2.45, 2.75) is 38.1 Å². The quantitative estimate of drug-likeness (QED) is 0.894. The number of nitrogens with one attached hydrogen (secondary N) is 2. The predicted octanol–water partition coefficient (Wildman–Crippen LogP) is 2.32. The predicted molar refractivity (Wildman–Crippen MR) is 89.5 cm³/mol. The number of carbonyl (C=O) groups excluding carboxylic acids is 2. The molecule has 1 unspecified atom stereocenters. The first kappa shape index (κ1) is 16.8. The van der Waals surface area contributed by atoms with E-state index in [2.05, 4.69) is 10.6 Å². The molecule has 0 aromatic heterocycles. The molecule has 2 heterocycles. The Morgan fingerprint density at radius 1 is 1.27 bits per heavy atom. The largest absolute Gasteiger partial charge is 0.326 e. The Morgan fingerprint density at radius 2 is 2.05 bits per heavy atom. The highest BCUT2D eigenvalue weighted by molar-refractivity contribution is 5.96. The van der Waals surface area contributed by atoms with E-state index in [1.54, 1.807) is 4.90 Å². The van der Waals surface area contributed by atoms with Crippen LogP contribution in [0.1, 0.15) is 32.1 Å². The Kier molecular flexibility index (Phi) is 5.80. The number of halogens is 1. The van der Waals surface area contributed by atoms with E-state index in [4.69, 9.17) is 0 Å². The number of hydrogen-bond donors (Lipinski definition) is 2. The third-order valence-electron chi connectivity index (χ3n) is 4.13. The molecule has 0 spiro atoms. The van der Waals surface area contributed by atoms with E-state index in [-0.39, 0.29) is 24.2 Å². The van der Waals surface area contributed by atoms with Crippen molar-refractivity contribution < 1.29 is 9.59 Å². The number of carbonyl (C=O) groups is 2. The van der Waals surface area contributed by atoms with Gasteiger partial charge in [-0.15, -0.1) is 12.4 Å². The molecule has 0 radical (unpaired) electrons. The maximum Gasteiger partial charge on any atom is 0.227 e. The molecule has 22 heavy (non-hydrogen) atoms. The standard InChI is InChI=1S/C16H21N3O2.ClH/c20-15(11-13-3-1-9-17-13)18-12-5-7-14(8-6-12)19-10-2-4-16(19)21;/h5-8,13,17H,1-4,9-11H2,(H,18,20);1H. The van der Waals surface area contributed by atoms with Crippen LogP contribution in [0.3, 0.4) is 0 Å². The molecule has 2 amide bonds. The van der Waals surface area contributed by atoms with Gasteiger partial charge in [-0.2, -0.15) is 0 Å². The molecule has 120 valence electrons. The van der Waals surface area contributed by atoms with E-state index in [0.717, 1.165) is 43.7 Å². The molecule has 6 heteroatoms. The van der Waals surface area contributed by atoms with Gasteiger partial charge in [0.2, 0.25) is 11.8 Å². The van der Waals surface area contributed by atoms with Crippen molar-refractivity contribution in [3.63, 3.8) is 0 Å². The zero-order chi connectivity index (χ0) is 14.7. The summed E-state index contributed by atoms with van der Waals surface area (Å²) in [5, 5.41) is 6.23. The minimum atomic E-state index is 0. The summed E-state index contributed by atoms with van der Waals surface area (Å²) in [6, 6.07) is 7.83. The zero-order valence-corrected chi connectivity index (χ0v) is 13.3. The van der Waals surface area contributed by atoms with Crippen LogP contribution >= 0.6 is 12.4 Å². The smallest absolute Gasteiger partial charge is 0.227 e. The molecule has 1 aromatic carbocycles. The van der Waals surface area contributed by atoms with Crippen LogP contribution in [-0.2, 0) is 9.59 Å². The number of benzene rings is 1. The van der Waals surface area contributed by atoms with Crippen molar-refractivity contribution in [3.05, 3.63) is 24.3 Å². The summed E-state index contributed by atoms with van der Waals surface area (Å²) in [6.07, 6.45) is 4.30. The SMILES string of the molecule is Cl.O=C(CC1CCCN1)Nc1ccc(N2CCCC2=O)cc1. The summed E-state index contributed by atoms with van der Waals surface area (Å²) < 4.78 is 0. The number of nitrogens with zero attached hydrogens (tertiary/aromatic N) is 1. The molecule has 2 saturated heterocycles. The van der Waals surface area contributed by atoms with E-state index >= 15 is 0 Å². The molecular formula is C16H22ClN3O2. The van der Waals surface area contributed by atoms with Gasteiger partial charge >= 0.3 is 0 Å². The fourth-order valence-electron chi connectivity index (χ4n) is 3.01. The monoisotopic (exact) mass is 323 g/mol. The normalized spacial score (nSPS) is 20.8. The van der Waals surface area contributed by atoms with Crippen molar-refractivity contribution in [2.24, 2.45) is 0 Å². The Morgan fingerprint density at radius 3 is 2.64 bits per heavy atom. The average molecular weight is 324 g/mol. The lowest BCUT2D eigenvalue weighted by molar-refractivity contribution is -0.117. The van der Waals surface area contributed by atoms with E-state index in [1.807, 2.05) is 24.3 Å². The van der Waals surface area contributed by atoms with Gasteiger partial charge in [-0.05, 0) is 50.1 Å². The maximum atomic E-state index is 11.9. The molecular weight excluding hydrogens is 302 g/mol. The highest BCUT2D eigenvalue weighted by atomic mass is 35.5. The molecule has 2 N–H and O–H groups in total. The Hall–Kier alpha value is -1.59. The van der Waals surface area contributed by atoms with Gasteiger partial charge in [-0.3, -0.25) is 9.59 Å². The molecule has 5 nitrogen and oxygen atoms in total. The van der Waals surface area contributed by atoms with E-state index < -0.39 is 0 Å². The van der Waals surface area contributed by atoms with Gasteiger partial charge in [0.1, 0.15) is 0 Å². The van der Waals surface area contributed by atoms with Crippen molar-refractivity contribution in [1.29, 1.82) is 0 Å². The highest BCUT2D eigenvalue weighted by Gasteiger charge is 2.21. The summed E-state index contributed by atoms with van der Waals surface area (Å²) in [6.45, 7) is 1.80. The van der Waals surface area contributed by atoms with Crippen LogP contribution in [-0.4, -0.2) is 30.9 Å². The van der Waals surface area contributed by atoms with Gasteiger partial charge in [0, 0.05) is 36.8 Å². The Bertz CT molecular complexity index is 527. The fourth-order valence-corrected chi connectivity index (χ4v) is 3.01. The second-order valence-electron chi connectivity index (χ2n) is 5.74. The minimum absolute atomic E-state index is 0. The third-order valence-corrected chi connectivity index (χ3v) is 4.13. The molecule has 0 aliphatic carbocycles. The highest BCUT2D eigenvalue weighted by Crippen LogP contribution is 2.23. The van der Waals surface area contributed by atoms with Crippen LogP contribution in [0.4, 0.5) is 11.4 Å². The van der Waals surface area contributed by atoms with Gasteiger partial charge in [0.25, 0.3) is 0 Å². The molecule has 2 aliphatic rings. The van der Waals surface area contributed by atoms with E-state index in [9.17, 15) is 9.59 Å². The number of amides is 2. The van der Waals surface area contributed by atoms with Crippen LogP contribution in [0.15, 0.2) is 24.3 Å². The molecule has 0 bridgehead atoms. The lowest BCUT2D eigenvalue weighted by atomic mass is 10.1. The van der Waals surface area contributed by atoms with Gasteiger partial charge in [0.05, 0.1) is 0 Å². The summed E-state index contributed by atoms with van der Waals surface area (Å²) in [7, 11) is 0. The Balaban J connectivity index is 0.00000176. The molecule has 3 rings (SSSR count). The van der Waals surface area contributed by atoms with Crippen molar-refractivity contribution in [3.8, 4) is 0 Å². The lowest BCUT2D eigenvalue weighted by Gasteiger charge is -2.16. The number of hydrogen-bond acceptors (Lipinski definition) is 3. The van der Waals surface area contributed by atoms with Crippen LogP contribution in [0, 0.1) is 0 Å². The number of rotatable bonds is 4. The van der Waals surface area contributed by atoms with Gasteiger partial charge in [-0.1, -0.05) is 0 Å². The van der Waals surface area contributed by atoms with Crippen molar-refractivity contribution in [2.75, 3.05) is 23.3 Å². The van der Waals surface area contributed by atoms with E-state index in [1.165, 1.54) is 0 Å². The molecule has 0 saturated carbocycles. The van der Waals surface area contributed by atoms with Crippen LogP contribution in [0.25, 0.3) is 0 Å². The first-order chi connectivity index (χ1) is 10.2. The minimum Gasteiger partial charge on any atom is -0.326 e. The molecule has 1 atom stereocenters. The second kappa shape index (κ2) is 7.61. The first-order valence-corrected chi connectivity index (χ1v) is 7.66. The van der Waals surface area contributed by atoms with Gasteiger partial charge in [0.15, 0.2) is 0 Å². The summed E-state index contributed by atoms with van der Waals surface area (Å²) in [5.74, 6) is 0.221. The topological polar surface area (TPSA) is 61.4 Å². The molecule has 1 aromatic rings. The van der Waals surface area contributed by atoms with Gasteiger partial charge < -0.3 is 15.5 Å². The summed E-state index contributed by atoms with van der Waals surface area (Å²) >= 11 is 0. The molecule has 2 fully saturated rings. The summed E-state index contributed by atoms with van der Waals surface area (Å²) in [4.78, 5) is 25.4. The molecule has 2 aliphatic heterocycles. The zero-order valence-electron chi connectivity index (χ0n) is 12.5. The Labute approximate surface area is 136 Å². The van der Waals surface area contributed by atoms with E-state index in [0.29, 0.717) is 18.9 Å². The third kappa shape index (κ3) is 3.99. The average Bonchev–Trinajstić information content (AvgIpc) is 3.11. The van der Waals surface area contributed by atoms with Crippen LogP contribution in [0.5, 0.6) is 0 Å². The lowest BCUT2D eigenvalue weighted by Crippen LogP contribution is -2.27. The van der Waals surface area contributed by atoms with Crippen LogP contribution < -0.4 is 15.5 Å². The maximum absolute atomic E-state index is 11.9. The van der Waals surface area contributed by atoms with Crippen LogP contribution in [0.2, 0.25) is 0 Å². The van der Waals surface area contributed by atoms with Crippen molar-refractivity contribution >= 4 is 35.6 Å². The second-order valence-corrected chi connectivity index (χ2v) is 5.74.